The van der Waals surface area contributed by atoms with Gasteiger partial charge in [0.05, 0.1) is 0 Å². The van der Waals surface area contributed by atoms with Crippen LogP contribution in [0, 0.1) is 11.3 Å². The van der Waals surface area contributed by atoms with Crippen molar-refractivity contribution >= 4 is 0 Å². The lowest BCUT2D eigenvalue weighted by atomic mass is 10.2. The summed E-state index contributed by atoms with van der Waals surface area (Å²) in [5.74, 6) is 0. The van der Waals surface area contributed by atoms with Crippen LogP contribution in [-0.2, 0) is 6.54 Å². The van der Waals surface area contributed by atoms with Crippen molar-refractivity contribution < 1.29 is 0 Å². The van der Waals surface area contributed by atoms with Crippen molar-refractivity contribution in [1.82, 2.24) is 14.8 Å². The Morgan fingerprint density at radius 3 is 3.16 bits per heavy atom. The van der Waals surface area contributed by atoms with Crippen LogP contribution in [0.15, 0.2) is 18.3 Å². The molecule has 0 spiro atoms. The number of rotatable bonds is 5. The Labute approximate surface area is 115 Å². The standard InChI is InChI=1S/C15H22N4/c1-3-19-8-4-5-15(19)12-18(2)11-13-6-7-17-14(9-13)10-16/h6-7,9,15H,3-5,8,11-12H2,1-2H3. The Morgan fingerprint density at radius 1 is 1.58 bits per heavy atom. The van der Waals surface area contributed by atoms with Crippen LogP contribution in [0.3, 0.4) is 0 Å². The fraction of sp³-hybridized carbons (Fsp3) is 0.600. The van der Waals surface area contributed by atoms with Crippen LogP contribution in [0.5, 0.6) is 0 Å². The highest BCUT2D eigenvalue weighted by molar-refractivity contribution is 5.25. The van der Waals surface area contributed by atoms with Gasteiger partial charge in [-0.3, -0.25) is 4.90 Å². The zero-order chi connectivity index (χ0) is 13.7. The predicted molar refractivity (Wildman–Crippen MR) is 75.6 cm³/mol. The van der Waals surface area contributed by atoms with Crippen molar-refractivity contribution in [1.29, 1.82) is 5.26 Å². The summed E-state index contributed by atoms with van der Waals surface area (Å²) in [5.41, 5.74) is 1.66. The Kier molecular flexibility index (Phi) is 4.89. The predicted octanol–water partition coefficient (Wildman–Crippen LogP) is 1.87. The molecular weight excluding hydrogens is 236 g/mol. The molecule has 0 radical (unpaired) electrons. The third kappa shape index (κ3) is 3.76. The van der Waals surface area contributed by atoms with Crippen molar-refractivity contribution in [3.8, 4) is 6.07 Å². The molecule has 2 rings (SSSR count). The Hall–Kier alpha value is -1.44. The highest BCUT2D eigenvalue weighted by Gasteiger charge is 2.23. The van der Waals surface area contributed by atoms with Gasteiger partial charge in [0.25, 0.3) is 0 Å². The minimum absolute atomic E-state index is 0.502. The number of hydrogen-bond acceptors (Lipinski definition) is 4. The van der Waals surface area contributed by atoms with Crippen LogP contribution in [0.2, 0.25) is 0 Å². The SMILES string of the molecule is CCN1CCCC1CN(C)Cc1ccnc(C#N)c1. The van der Waals surface area contributed by atoms with Gasteiger partial charge in [0, 0.05) is 25.3 Å². The second-order valence-electron chi connectivity index (χ2n) is 5.28. The molecule has 102 valence electrons. The lowest BCUT2D eigenvalue weighted by Crippen LogP contribution is -2.38. The summed E-state index contributed by atoms with van der Waals surface area (Å²) in [7, 11) is 2.15. The van der Waals surface area contributed by atoms with E-state index in [1.165, 1.54) is 19.4 Å². The molecule has 1 aromatic rings. The Balaban J connectivity index is 1.90. The summed E-state index contributed by atoms with van der Waals surface area (Å²) in [6, 6.07) is 6.65. The highest BCUT2D eigenvalue weighted by Crippen LogP contribution is 2.18. The van der Waals surface area contributed by atoms with Gasteiger partial charge in [0.2, 0.25) is 0 Å². The fourth-order valence-corrected chi connectivity index (χ4v) is 2.89. The summed E-state index contributed by atoms with van der Waals surface area (Å²) < 4.78 is 0. The minimum atomic E-state index is 0.502. The largest absolute Gasteiger partial charge is 0.301 e. The van der Waals surface area contributed by atoms with E-state index in [1.54, 1.807) is 6.20 Å². The van der Waals surface area contributed by atoms with E-state index in [2.05, 4.69) is 34.8 Å². The molecule has 0 aliphatic carbocycles. The maximum Gasteiger partial charge on any atom is 0.140 e. The molecule has 1 aromatic heterocycles. The summed E-state index contributed by atoms with van der Waals surface area (Å²) in [6.07, 6.45) is 4.34. The molecule has 4 nitrogen and oxygen atoms in total. The first-order valence-corrected chi connectivity index (χ1v) is 7.00. The first-order chi connectivity index (χ1) is 9.22. The number of nitrogens with zero attached hydrogens (tertiary/aromatic N) is 4. The van der Waals surface area contributed by atoms with Crippen LogP contribution >= 0.6 is 0 Å². The molecule has 1 fully saturated rings. The lowest BCUT2D eigenvalue weighted by molar-refractivity contribution is 0.195. The number of nitriles is 1. The zero-order valence-corrected chi connectivity index (χ0v) is 11.8. The summed E-state index contributed by atoms with van der Waals surface area (Å²) in [5, 5.41) is 8.86. The molecule has 0 bridgehead atoms. The molecule has 1 aliphatic heterocycles. The summed E-state index contributed by atoms with van der Waals surface area (Å²) >= 11 is 0. The molecule has 1 aliphatic rings. The Bertz CT molecular complexity index is 452. The third-order valence-electron chi connectivity index (χ3n) is 3.82. The first kappa shape index (κ1) is 14.0. The average Bonchev–Trinajstić information content (AvgIpc) is 2.86. The second kappa shape index (κ2) is 6.65. The second-order valence-corrected chi connectivity index (χ2v) is 5.28. The van der Waals surface area contributed by atoms with E-state index < -0.39 is 0 Å². The zero-order valence-electron chi connectivity index (χ0n) is 11.8. The topological polar surface area (TPSA) is 43.2 Å². The third-order valence-corrected chi connectivity index (χ3v) is 3.82. The fourth-order valence-electron chi connectivity index (χ4n) is 2.89. The summed E-state index contributed by atoms with van der Waals surface area (Å²) in [4.78, 5) is 8.91. The van der Waals surface area contributed by atoms with E-state index in [1.807, 2.05) is 12.1 Å². The van der Waals surface area contributed by atoms with Crippen molar-refractivity contribution in [2.45, 2.75) is 32.4 Å². The number of likely N-dealkylation sites (N-methyl/N-ethyl adjacent to an activating group) is 2. The highest BCUT2D eigenvalue weighted by atomic mass is 15.2. The molecule has 4 heteroatoms. The molecule has 0 amide bonds. The molecule has 1 atom stereocenters. The maximum atomic E-state index is 8.86. The van der Waals surface area contributed by atoms with Gasteiger partial charge in [0.15, 0.2) is 0 Å². The Morgan fingerprint density at radius 2 is 2.42 bits per heavy atom. The molecule has 1 unspecified atom stereocenters. The van der Waals surface area contributed by atoms with Gasteiger partial charge in [-0.25, -0.2) is 4.98 Å². The van der Waals surface area contributed by atoms with E-state index in [4.69, 9.17) is 5.26 Å². The average molecular weight is 258 g/mol. The van der Waals surface area contributed by atoms with Gasteiger partial charge >= 0.3 is 0 Å². The molecule has 1 saturated heterocycles. The first-order valence-electron chi connectivity index (χ1n) is 7.00. The van der Waals surface area contributed by atoms with Gasteiger partial charge in [-0.05, 0) is 50.7 Å². The number of likely N-dealkylation sites (tertiary alicyclic amines) is 1. The van der Waals surface area contributed by atoms with Crippen LogP contribution in [0.1, 0.15) is 31.0 Å². The molecule has 0 N–H and O–H groups in total. The quantitative estimate of drug-likeness (QED) is 0.808. The molecular formula is C15H22N4. The lowest BCUT2D eigenvalue weighted by Gasteiger charge is -2.27. The van der Waals surface area contributed by atoms with Crippen molar-refractivity contribution in [2.24, 2.45) is 0 Å². The summed E-state index contributed by atoms with van der Waals surface area (Å²) in [6.45, 7) is 6.60. The van der Waals surface area contributed by atoms with Gasteiger partial charge in [-0.1, -0.05) is 6.92 Å². The maximum absolute atomic E-state index is 8.86. The van der Waals surface area contributed by atoms with Gasteiger partial charge in [-0.2, -0.15) is 5.26 Å². The van der Waals surface area contributed by atoms with Crippen LogP contribution in [-0.4, -0.2) is 47.5 Å². The van der Waals surface area contributed by atoms with Gasteiger partial charge in [0.1, 0.15) is 11.8 Å². The van der Waals surface area contributed by atoms with Crippen LogP contribution in [0.4, 0.5) is 0 Å². The van der Waals surface area contributed by atoms with Crippen LogP contribution in [0.25, 0.3) is 0 Å². The molecule has 19 heavy (non-hydrogen) atoms. The number of hydrogen-bond donors (Lipinski definition) is 0. The van der Waals surface area contributed by atoms with E-state index in [-0.39, 0.29) is 0 Å². The number of pyridine rings is 1. The minimum Gasteiger partial charge on any atom is -0.301 e. The molecule has 0 saturated carbocycles. The van der Waals surface area contributed by atoms with E-state index in [9.17, 15) is 0 Å². The van der Waals surface area contributed by atoms with E-state index in [0.717, 1.165) is 25.2 Å². The van der Waals surface area contributed by atoms with Crippen molar-refractivity contribution in [3.63, 3.8) is 0 Å². The van der Waals surface area contributed by atoms with Crippen LogP contribution < -0.4 is 0 Å². The molecule has 0 aromatic carbocycles. The molecule has 2 heterocycles. The monoisotopic (exact) mass is 258 g/mol. The normalized spacial score (nSPS) is 19.8. The smallest absolute Gasteiger partial charge is 0.140 e. The van der Waals surface area contributed by atoms with Crippen molar-refractivity contribution in [3.05, 3.63) is 29.6 Å². The van der Waals surface area contributed by atoms with E-state index >= 15 is 0 Å². The number of aromatic nitrogens is 1. The van der Waals surface area contributed by atoms with Crippen molar-refractivity contribution in [2.75, 3.05) is 26.7 Å². The van der Waals surface area contributed by atoms with Gasteiger partial charge in [-0.15, -0.1) is 0 Å². The van der Waals surface area contributed by atoms with Gasteiger partial charge < -0.3 is 4.90 Å². The van der Waals surface area contributed by atoms with E-state index in [0.29, 0.717) is 11.7 Å².